The van der Waals surface area contributed by atoms with Crippen molar-refractivity contribution in [3.05, 3.63) is 28.8 Å². The van der Waals surface area contributed by atoms with Crippen molar-refractivity contribution in [2.75, 3.05) is 6.54 Å². The maximum absolute atomic E-state index is 6.33. The summed E-state index contributed by atoms with van der Waals surface area (Å²) < 4.78 is 5.84. The van der Waals surface area contributed by atoms with Gasteiger partial charge in [-0.2, -0.15) is 0 Å². The lowest BCUT2D eigenvalue weighted by Gasteiger charge is -2.26. The zero-order valence-electron chi connectivity index (χ0n) is 11.2. The minimum absolute atomic E-state index is 0.287. The quantitative estimate of drug-likeness (QED) is 0.828. The molecule has 1 saturated carbocycles. The molecule has 1 N–H and O–H groups in total. The van der Waals surface area contributed by atoms with E-state index in [2.05, 4.69) is 25.2 Å². The predicted octanol–water partition coefficient (Wildman–Crippen LogP) is 4.33. The highest BCUT2D eigenvalue weighted by Gasteiger charge is 2.19. The minimum Gasteiger partial charge on any atom is -0.490 e. The first-order chi connectivity index (χ1) is 8.70. The van der Waals surface area contributed by atoms with Crippen LogP contribution in [0.4, 0.5) is 0 Å². The van der Waals surface area contributed by atoms with Gasteiger partial charge in [0.25, 0.3) is 0 Å². The Morgan fingerprint density at radius 3 is 2.78 bits per heavy atom. The zero-order valence-corrected chi connectivity index (χ0v) is 12.0. The van der Waals surface area contributed by atoms with Crippen LogP contribution in [0.15, 0.2) is 18.2 Å². The number of halogens is 1. The lowest BCUT2D eigenvalue weighted by Crippen LogP contribution is -2.24. The van der Waals surface area contributed by atoms with Gasteiger partial charge in [0.2, 0.25) is 0 Å². The van der Waals surface area contributed by atoms with Gasteiger partial charge in [0.05, 0.1) is 6.10 Å². The first-order valence-electron chi connectivity index (χ1n) is 6.90. The summed E-state index contributed by atoms with van der Waals surface area (Å²) >= 11 is 6.33. The second-order valence-electron chi connectivity index (χ2n) is 5.03. The van der Waals surface area contributed by atoms with Gasteiger partial charge in [-0.1, -0.05) is 24.6 Å². The van der Waals surface area contributed by atoms with Crippen LogP contribution in [0.3, 0.4) is 0 Å². The molecule has 0 saturated heterocycles. The van der Waals surface area contributed by atoms with Gasteiger partial charge in [0, 0.05) is 11.1 Å². The molecular formula is C15H22ClNO. The number of rotatable bonds is 6. The molecule has 0 heterocycles. The van der Waals surface area contributed by atoms with Crippen LogP contribution in [-0.2, 0) is 0 Å². The Balaban J connectivity index is 1.99. The lowest BCUT2D eigenvalue weighted by molar-refractivity contribution is 0.120. The third-order valence-electron chi connectivity index (χ3n) is 3.49. The highest BCUT2D eigenvalue weighted by molar-refractivity contribution is 6.31. The van der Waals surface area contributed by atoms with Gasteiger partial charge in [-0.15, -0.1) is 0 Å². The molecule has 1 aliphatic rings. The van der Waals surface area contributed by atoms with Crippen LogP contribution in [-0.4, -0.2) is 12.6 Å². The van der Waals surface area contributed by atoms with Gasteiger partial charge in [-0.3, -0.25) is 0 Å². The molecule has 0 bridgehead atoms. The largest absolute Gasteiger partial charge is 0.490 e. The molecule has 2 nitrogen and oxygen atoms in total. The Morgan fingerprint density at radius 2 is 2.22 bits per heavy atom. The van der Waals surface area contributed by atoms with E-state index >= 15 is 0 Å². The third-order valence-corrected chi connectivity index (χ3v) is 3.82. The van der Waals surface area contributed by atoms with Crippen molar-refractivity contribution in [1.82, 2.24) is 5.32 Å². The Bertz CT molecular complexity index is 390. The molecule has 1 aromatic carbocycles. The molecule has 0 aliphatic heterocycles. The van der Waals surface area contributed by atoms with Gasteiger partial charge in [0.15, 0.2) is 0 Å². The number of hydrogen-bond donors (Lipinski definition) is 1. The Hall–Kier alpha value is -0.730. The van der Waals surface area contributed by atoms with E-state index in [9.17, 15) is 0 Å². The lowest BCUT2D eigenvalue weighted by atomic mass is 9.96. The first kappa shape index (κ1) is 13.7. The minimum atomic E-state index is 0.287. The average Bonchev–Trinajstić information content (AvgIpc) is 2.31. The maximum atomic E-state index is 6.33. The van der Waals surface area contributed by atoms with Crippen LogP contribution in [0, 0.1) is 0 Å². The van der Waals surface area contributed by atoms with Crippen molar-refractivity contribution in [2.24, 2.45) is 0 Å². The molecule has 0 amide bonds. The second-order valence-corrected chi connectivity index (χ2v) is 5.44. The standard InChI is InChI=1S/C15H22ClNO/c1-3-9-17-11(2)14-8-7-13(10-15(14)16)18-12-5-4-6-12/h7-8,10-12,17H,3-6,9H2,1-2H3. The Kier molecular flexibility index (Phi) is 4.90. The van der Waals surface area contributed by atoms with Crippen LogP contribution in [0.2, 0.25) is 5.02 Å². The molecule has 1 aliphatic carbocycles. The van der Waals surface area contributed by atoms with Gasteiger partial charge < -0.3 is 10.1 Å². The van der Waals surface area contributed by atoms with Crippen LogP contribution < -0.4 is 10.1 Å². The normalized spacial score (nSPS) is 17.3. The van der Waals surface area contributed by atoms with Crippen molar-refractivity contribution in [3.8, 4) is 5.75 Å². The molecule has 0 radical (unpaired) electrons. The van der Waals surface area contributed by atoms with E-state index in [1.165, 1.54) is 19.3 Å². The maximum Gasteiger partial charge on any atom is 0.121 e. The fourth-order valence-electron chi connectivity index (χ4n) is 2.08. The number of benzene rings is 1. The van der Waals surface area contributed by atoms with E-state index in [1.54, 1.807) is 0 Å². The SMILES string of the molecule is CCCNC(C)c1ccc(OC2CCC2)cc1Cl. The molecule has 3 heteroatoms. The van der Waals surface area contributed by atoms with Crippen molar-refractivity contribution < 1.29 is 4.74 Å². The van der Waals surface area contributed by atoms with E-state index in [0.717, 1.165) is 29.3 Å². The third kappa shape index (κ3) is 3.39. The van der Waals surface area contributed by atoms with Crippen molar-refractivity contribution in [2.45, 2.75) is 51.7 Å². The summed E-state index contributed by atoms with van der Waals surface area (Å²) in [5.41, 5.74) is 1.14. The van der Waals surface area contributed by atoms with E-state index in [4.69, 9.17) is 16.3 Å². The van der Waals surface area contributed by atoms with E-state index in [-0.39, 0.29) is 6.04 Å². The summed E-state index contributed by atoms with van der Waals surface area (Å²) in [5, 5.41) is 4.24. The fraction of sp³-hybridized carbons (Fsp3) is 0.600. The van der Waals surface area contributed by atoms with Gasteiger partial charge >= 0.3 is 0 Å². The molecule has 0 spiro atoms. The highest BCUT2D eigenvalue weighted by atomic mass is 35.5. The summed E-state index contributed by atoms with van der Waals surface area (Å²) in [4.78, 5) is 0. The smallest absolute Gasteiger partial charge is 0.121 e. The molecule has 1 atom stereocenters. The van der Waals surface area contributed by atoms with Gasteiger partial charge in [-0.05, 0) is 56.8 Å². The van der Waals surface area contributed by atoms with Gasteiger partial charge in [0.1, 0.15) is 5.75 Å². The summed E-state index contributed by atoms with van der Waals surface area (Å²) in [6.07, 6.45) is 5.17. The molecule has 1 aromatic rings. The Labute approximate surface area is 115 Å². The average molecular weight is 268 g/mol. The number of hydrogen-bond acceptors (Lipinski definition) is 2. The summed E-state index contributed by atoms with van der Waals surface area (Å²) in [7, 11) is 0. The molecule has 18 heavy (non-hydrogen) atoms. The molecular weight excluding hydrogens is 246 g/mol. The zero-order chi connectivity index (χ0) is 13.0. The monoisotopic (exact) mass is 267 g/mol. The van der Waals surface area contributed by atoms with E-state index < -0.39 is 0 Å². The van der Waals surface area contributed by atoms with Crippen LogP contribution in [0.1, 0.15) is 51.1 Å². The van der Waals surface area contributed by atoms with E-state index in [1.807, 2.05) is 12.1 Å². The summed E-state index contributed by atoms with van der Waals surface area (Å²) in [6.45, 7) is 5.32. The van der Waals surface area contributed by atoms with Crippen LogP contribution in [0.25, 0.3) is 0 Å². The van der Waals surface area contributed by atoms with Crippen LogP contribution in [0.5, 0.6) is 5.75 Å². The number of ether oxygens (including phenoxy) is 1. The van der Waals surface area contributed by atoms with Crippen molar-refractivity contribution >= 4 is 11.6 Å². The molecule has 1 unspecified atom stereocenters. The van der Waals surface area contributed by atoms with Crippen molar-refractivity contribution in [1.29, 1.82) is 0 Å². The van der Waals surface area contributed by atoms with Crippen LogP contribution >= 0.6 is 11.6 Å². The molecule has 2 rings (SSSR count). The topological polar surface area (TPSA) is 21.3 Å². The van der Waals surface area contributed by atoms with Gasteiger partial charge in [-0.25, -0.2) is 0 Å². The fourth-order valence-corrected chi connectivity index (χ4v) is 2.42. The first-order valence-corrected chi connectivity index (χ1v) is 7.28. The number of nitrogens with one attached hydrogen (secondary N) is 1. The summed E-state index contributed by atoms with van der Waals surface area (Å²) in [5.74, 6) is 0.899. The highest BCUT2D eigenvalue weighted by Crippen LogP contribution is 2.30. The summed E-state index contributed by atoms with van der Waals surface area (Å²) in [6, 6.07) is 6.34. The Morgan fingerprint density at radius 1 is 1.44 bits per heavy atom. The van der Waals surface area contributed by atoms with Crippen molar-refractivity contribution in [3.63, 3.8) is 0 Å². The molecule has 1 fully saturated rings. The second kappa shape index (κ2) is 6.44. The van der Waals surface area contributed by atoms with E-state index in [0.29, 0.717) is 6.10 Å². The molecule has 100 valence electrons. The predicted molar refractivity (Wildman–Crippen MR) is 76.4 cm³/mol. The molecule has 0 aromatic heterocycles.